The molecule has 108 valence electrons. The van der Waals surface area contributed by atoms with Crippen molar-refractivity contribution in [3.05, 3.63) is 62.8 Å². The summed E-state index contributed by atoms with van der Waals surface area (Å²) < 4.78 is 14.0. The Morgan fingerprint density at radius 3 is 2.48 bits per heavy atom. The molecule has 0 atom stereocenters. The van der Waals surface area contributed by atoms with Gasteiger partial charge in [-0.3, -0.25) is 4.79 Å². The lowest BCUT2D eigenvalue weighted by Crippen LogP contribution is -2.14. The number of benzene rings is 2. The molecule has 0 aromatic heterocycles. The van der Waals surface area contributed by atoms with Gasteiger partial charge in [0.2, 0.25) is 0 Å². The summed E-state index contributed by atoms with van der Waals surface area (Å²) in [4.78, 5) is 23.0. The van der Waals surface area contributed by atoms with Crippen LogP contribution in [0.5, 0.6) is 0 Å². The Kier molecular flexibility index (Phi) is 4.59. The lowest BCUT2D eigenvalue weighted by Gasteiger charge is -2.08. The van der Waals surface area contributed by atoms with Crippen LogP contribution in [0.25, 0.3) is 0 Å². The molecule has 0 aliphatic rings. The Balaban J connectivity index is 2.27. The zero-order chi connectivity index (χ0) is 15.6. The molecule has 2 aromatic carbocycles. The molecule has 2 aromatic rings. The number of anilines is 1. The Labute approximate surface area is 132 Å². The molecule has 0 unspecified atom stereocenters. The van der Waals surface area contributed by atoms with Gasteiger partial charge in [-0.1, -0.05) is 11.6 Å². The first-order valence-corrected chi connectivity index (χ1v) is 6.85. The summed E-state index contributed by atoms with van der Waals surface area (Å²) in [6.07, 6.45) is 0. The van der Waals surface area contributed by atoms with Crippen molar-refractivity contribution in [3.63, 3.8) is 0 Å². The van der Waals surface area contributed by atoms with Gasteiger partial charge in [0, 0.05) is 15.2 Å². The van der Waals surface area contributed by atoms with E-state index in [0.717, 1.165) is 6.07 Å². The van der Waals surface area contributed by atoms with Gasteiger partial charge >= 0.3 is 5.97 Å². The molecule has 21 heavy (non-hydrogen) atoms. The highest BCUT2D eigenvalue weighted by Crippen LogP contribution is 2.22. The first-order valence-electron chi connectivity index (χ1n) is 5.67. The number of hydrogen-bond donors (Lipinski definition) is 2. The van der Waals surface area contributed by atoms with Crippen molar-refractivity contribution >= 4 is 45.1 Å². The van der Waals surface area contributed by atoms with E-state index in [0.29, 0.717) is 4.47 Å². The minimum atomic E-state index is -1.14. The first kappa shape index (κ1) is 15.5. The number of carbonyl (C=O) groups excluding carboxylic acids is 1. The average Bonchev–Trinajstić information content (AvgIpc) is 2.40. The summed E-state index contributed by atoms with van der Waals surface area (Å²) in [5, 5.41) is 11.6. The van der Waals surface area contributed by atoms with Crippen LogP contribution in [0.1, 0.15) is 20.7 Å². The minimum absolute atomic E-state index is 0.00984. The number of hydrogen-bond acceptors (Lipinski definition) is 2. The van der Waals surface area contributed by atoms with Gasteiger partial charge < -0.3 is 10.4 Å². The van der Waals surface area contributed by atoms with Crippen LogP contribution >= 0.6 is 27.5 Å². The fourth-order valence-corrected chi connectivity index (χ4v) is 2.21. The third-order valence-corrected chi connectivity index (χ3v) is 3.56. The number of carboxylic acids is 1. The van der Waals surface area contributed by atoms with E-state index in [4.69, 9.17) is 16.7 Å². The maximum Gasteiger partial charge on any atom is 0.336 e. The molecule has 0 aliphatic carbocycles. The largest absolute Gasteiger partial charge is 0.478 e. The third-order valence-electron chi connectivity index (χ3n) is 2.63. The number of carboxylic acid groups (broad SMARTS) is 1. The topological polar surface area (TPSA) is 66.4 Å². The lowest BCUT2D eigenvalue weighted by atomic mass is 10.1. The highest BCUT2D eigenvalue weighted by Gasteiger charge is 2.14. The molecule has 2 N–H and O–H groups in total. The van der Waals surface area contributed by atoms with Gasteiger partial charge in [-0.05, 0) is 52.3 Å². The van der Waals surface area contributed by atoms with Gasteiger partial charge in [0.05, 0.1) is 11.1 Å². The summed E-state index contributed by atoms with van der Waals surface area (Å²) >= 11 is 8.71. The van der Waals surface area contributed by atoms with E-state index in [2.05, 4.69) is 21.2 Å². The van der Waals surface area contributed by atoms with Gasteiger partial charge in [0.15, 0.2) is 0 Å². The molecule has 0 bridgehead atoms. The number of aromatic carboxylic acids is 1. The van der Waals surface area contributed by atoms with Crippen molar-refractivity contribution in [1.82, 2.24) is 0 Å². The maximum absolute atomic E-state index is 13.6. The molecule has 1 amide bonds. The molecule has 7 heteroatoms. The number of rotatable bonds is 3. The summed E-state index contributed by atoms with van der Waals surface area (Å²) in [5.74, 6) is -2.59. The van der Waals surface area contributed by atoms with Crippen LogP contribution in [-0.2, 0) is 0 Å². The second-order valence-corrected chi connectivity index (χ2v) is 5.37. The van der Waals surface area contributed by atoms with Crippen LogP contribution in [0, 0.1) is 5.82 Å². The maximum atomic E-state index is 13.6. The van der Waals surface area contributed by atoms with E-state index in [-0.39, 0.29) is 21.8 Å². The molecule has 0 radical (unpaired) electrons. The molecule has 0 spiro atoms. The van der Waals surface area contributed by atoms with Crippen molar-refractivity contribution in [2.75, 3.05) is 5.32 Å². The van der Waals surface area contributed by atoms with Crippen LogP contribution in [0.2, 0.25) is 5.02 Å². The molecular formula is C14H8BrClFNO3. The zero-order valence-electron chi connectivity index (χ0n) is 10.4. The number of amides is 1. The quantitative estimate of drug-likeness (QED) is 0.849. The fraction of sp³-hybridized carbons (Fsp3) is 0. The van der Waals surface area contributed by atoms with Crippen molar-refractivity contribution in [2.24, 2.45) is 0 Å². The first-order chi connectivity index (χ1) is 9.88. The fourth-order valence-electron chi connectivity index (χ4n) is 1.64. The molecule has 4 nitrogen and oxygen atoms in total. The van der Waals surface area contributed by atoms with Gasteiger partial charge in [-0.15, -0.1) is 0 Å². The second-order valence-electron chi connectivity index (χ2n) is 4.08. The monoisotopic (exact) mass is 371 g/mol. The van der Waals surface area contributed by atoms with Gasteiger partial charge in [-0.25, -0.2) is 9.18 Å². The van der Waals surface area contributed by atoms with Crippen LogP contribution in [0.3, 0.4) is 0 Å². The highest BCUT2D eigenvalue weighted by atomic mass is 79.9. The summed E-state index contributed by atoms with van der Waals surface area (Å²) in [6, 6.07) is 7.94. The molecule has 0 saturated carbocycles. The molecule has 0 saturated heterocycles. The van der Waals surface area contributed by atoms with Gasteiger partial charge in [0.25, 0.3) is 5.91 Å². The molecule has 2 rings (SSSR count). The van der Waals surface area contributed by atoms with Crippen LogP contribution in [0.15, 0.2) is 40.9 Å². The molecular weight excluding hydrogens is 365 g/mol. The van der Waals surface area contributed by atoms with Crippen molar-refractivity contribution < 1.29 is 19.1 Å². The predicted molar refractivity (Wildman–Crippen MR) is 80.5 cm³/mol. The van der Waals surface area contributed by atoms with Gasteiger partial charge in [0.1, 0.15) is 5.82 Å². The van der Waals surface area contributed by atoms with Crippen LogP contribution < -0.4 is 5.32 Å². The van der Waals surface area contributed by atoms with E-state index in [9.17, 15) is 14.0 Å². The minimum Gasteiger partial charge on any atom is -0.478 e. The summed E-state index contributed by atoms with van der Waals surface area (Å²) in [7, 11) is 0. The third kappa shape index (κ3) is 3.59. The molecule has 0 heterocycles. The number of nitrogens with one attached hydrogen (secondary N) is 1. The van der Waals surface area contributed by atoms with Crippen molar-refractivity contribution in [1.29, 1.82) is 0 Å². The van der Waals surface area contributed by atoms with E-state index < -0.39 is 17.7 Å². The second kappa shape index (κ2) is 6.24. The number of halogens is 3. The molecule has 0 aliphatic heterocycles. The van der Waals surface area contributed by atoms with E-state index >= 15 is 0 Å². The Bertz CT molecular complexity index is 736. The highest BCUT2D eigenvalue weighted by molar-refractivity contribution is 9.10. The van der Waals surface area contributed by atoms with E-state index in [1.165, 1.54) is 30.3 Å². The Hall–Kier alpha value is -1.92. The van der Waals surface area contributed by atoms with Crippen LogP contribution in [-0.4, -0.2) is 17.0 Å². The Morgan fingerprint density at radius 2 is 1.86 bits per heavy atom. The zero-order valence-corrected chi connectivity index (χ0v) is 12.7. The molecule has 0 fully saturated rings. The average molecular weight is 373 g/mol. The van der Waals surface area contributed by atoms with Gasteiger partial charge in [-0.2, -0.15) is 0 Å². The van der Waals surface area contributed by atoms with Crippen molar-refractivity contribution in [3.8, 4) is 0 Å². The van der Waals surface area contributed by atoms with E-state index in [1.54, 1.807) is 0 Å². The van der Waals surface area contributed by atoms with E-state index in [1.807, 2.05) is 0 Å². The van der Waals surface area contributed by atoms with Crippen molar-refractivity contribution in [2.45, 2.75) is 0 Å². The normalized spacial score (nSPS) is 10.2. The standard InChI is InChI=1S/C14H8BrClFNO3/c15-11-4-2-8(6-10(11)14(20)21)18-13(19)9-3-1-7(16)5-12(9)17/h1-6H,(H,18,19)(H,20,21). The lowest BCUT2D eigenvalue weighted by molar-refractivity contribution is 0.0695. The summed E-state index contributed by atoms with van der Waals surface area (Å²) in [5.41, 5.74) is 0.0542. The van der Waals surface area contributed by atoms with Crippen LogP contribution in [0.4, 0.5) is 10.1 Å². The number of carbonyl (C=O) groups is 2. The smallest absolute Gasteiger partial charge is 0.336 e. The predicted octanol–water partition coefficient (Wildman–Crippen LogP) is 4.19. The Morgan fingerprint density at radius 1 is 1.14 bits per heavy atom. The SMILES string of the molecule is O=C(Nc1ccc(Br)c(C(=O)O)c1)c1ccc(Cl)cc1F. The summed E-state index contributed by atoms with van der Waals surface area (Å²) in [6.45, 7) is 0.